The first-order valence-corrected chi connectivity index (χ1v) is 12.7. The lowest BCUT2D eigenvalue weighted by Gasteiger charge is -2.30. The summed E-state index contributed by atoms with van der Waals surface area (Å²) < 4.78 is 7.30. The molecule has 7 nitrogen and oxygen atoms in total. The number of rotatable bonds is 7. The standard InChI is InChI=1S/C23H29ClN4O3S/c1-2-31-22(30)16-11-13-27(14-12-16)20(29)15-32-23-26-25-21(18-9-5-6-10-19(18)24)28(23)17-7-3-4-8-17/h5-6,9-10,16-17H,2-4,7-8,11-15H2,1H3. The molecule has 4 rings (SSSR count). The van der Waals surface area contributed by atoms with E-state index in [1.165, 1.54) is 24.6 Å². The molecule has 0 spiro atoms. The topological polar surface area (TPSA) is 77.3 Å². The molecule has 0 N–H and O–H groups in total. The largest absolute Gasteiger partial charge is 0.466 e. The minimum absolute atomic E-state index is 0.0672. The van der Waals surface area contributed by atoms with Crippen LogP contribution in [-0.2, 0) is 14.3 Å². The van der Waals surface area contributed by atoms with Crippen LogP contribution in [0.3, 0.4) is 0 Å². The molecule has 0 radical (unpaired) electrons. The summed E-state index contributed by atoms with van der Waals surface area (Å²) in [6, 6.07) is 8.01. The second-order valence-corrected chi connectivity index (χ2v) is 9.64. The predicted molar refractivity (Wildman–Crippen MR) is 125 cm³/mol. The summed E-state index contributed by atoms with van der Waals surface area (Å²) in [7, 11) is 0. The van der Waals surface area contributed by atoms with Crippen molar-refractivity contribution in [3.8, 4) is 11.4 Å². The van der Waals surface area contributed by atoms with E-state index in [1.807, 2.05) is 36.1 Å². The van der Waals surface area contributed by atoms with E-state index in [1.54, 1.807) is 0 Å². The number of piperidine rings is 1. The maximum Gasteiger partial charge on any atom is 0.309 e. The Balaban J connectivity index is 1.43. The van der Waals surface area contributed by atoms with Crippen LogP contribution in [-0.4, -0.2) is 57.0 Å². The van der Waals surface area contributed by atoms with Gasteiger partial charge in [0.15, 0.2) is 11.0 Å². The summed E-state index contributed by atoms with van der Waals surface area (Å²) in [4.78, 5) is 26.6. The fourth-order valence-corrected chi connectivity index (χ4v) is 5.66. The molecule has 1 amide bonds. The summed E-state index contributed by atoms with van der Waals surface area (Å²) in [5.74, 6) is 0.892. The van der Waals surface area contributed by atoms with Crippen molar-refractivity contribution < 1.29 is 14.3 Å². The highest BCUT2D eigenvalue weighted by atomic mass is 35.5. The quantitative estimate of drug-likeness (QED) is 0.429. The van der Waals surface area contributed by atoms with Crippen LogP contribution in [0.5, 0.6) is 0 Å². The van der Waals surface area contributed by atoms with E-state index in [0.29, 0.717) is 49.4 Å². The first-order chi connectivity index (χ1) is 15.6. The molecule has 1 saturated carbocycles. The van der Waals surface area contributed by atoms with Crippen molar-refractivity contribution in [1.29, 1.82) is 0 Å². The molecule has 2 fully saturated rings. The van der Waals surface area contributed by atoms with Gasteiger partial charge in [-0.3, -0.25) is 14.2 Å². The van der Waals surface area contributed by atoms with Gasteiger partial charge in [-0.05, 0) is 44.7 Å². The molecule has 1 saturated heterocycles. The number of nitrogens with zero attached hydrogens (tertiary/aromatic N) is 4. The number of likely N-dealkylation sites (tertiary alicyclic amines) is 1. The zero-order chi connectivity index (χ0) is 22.5. The van der Waals surface area contributed by atoms with Crippen LogP contribution in [0.1, 0.15) is 51.5 Å². The summed E-state index contributed by atoms with van der Waals surface area (Å²) in [5.41, 5.74) is 0.868. The molecule has 1 aromatic heterocycles. The number of thioether (sulfide) groups is 1. The first kappa shape index (κ1) is 23.1. The summed E-state index contributed by atoms with van der Waals surface area (Å²) >= 11 is 7.88. The highest BCUT2D eigenvalue weighted by Crippen LogP contribution is 2.38. The number of hydrogen-bond donors (Lipinski definition) is 0. The smallest absolute Gasteiger partial charge is 0.309 e. The maximum atomic E-state index is 12.8. The second-order valence-electron chi connectivity index (χ2n) is 8.29. The Labute approximate surface area is 197 Å². The lowest BCUT2D eigenvalue weighted by atomic mass is 9.97. The Morgan fingerprint density at radius 2 is 1.84 bits per heavy atom. The number of carbonyl (C=O) groups is 2. The zero-order valence-electron chi connectivity index (χ0n) is 18.3. The molecule has 2 aromatic rings. The van der Waals surface area contributed by atoms with Gasteiger partial charge in [0, 0.05) is 24.7 Å². The summed E-state index contributed by atoms with van der Waals surface area (Å²) in [5, 5.41) is 10.3. The van der Waals surface area contributed by atoms with Gasteiger partial charge >= 0.3 is 5.97 Å². The zero-order valence-corrected chi connectivity index (χ0v) is 19.9. The molecule has 2 heterocycles. The Morgan fingerprint density at radius 1 is 1.12 bits per heavy atom. The third kappa shape index (κ3) is 5.12. The van der Waals surface area contributed by atoms with Crippen LogP contribution in [0.2, 0.25) is 5.02 Å². The normalized spacial score (nSPS) is 17.6. The maximum absolute atomic E-state index is 12.8. The van der Waals surface area contributed by atoms with Crippen molar-refractivity contribution in [2.45, 2.75) is 56.6 Å². The lowest BCUT2D eigenvalue weighted by molar-refractivity contribution is -0.151. The fraction of sp³-hybridized carbons (Fsp3) is 0.565. The number of ether oxygens (including phenoxy) is 1. The highest BCUT2D eigenvalue weighted by molar-refractivity contribution is 7.99. The molecule has 0 atom stereocenters. The van der Waals surface area contributed by atoms with Gasteiger partial charge in [-0.2, -0.15) is 0 Å². The SMILES string of the molecule is CCOC(=O)C1CCN(C(=O)CSc2nnc(-c3ccccc3Cl)n2C2CCCC2)CC1. The molecular weight excluding hydrogens is 448 g/mol. The van der Waals surface area contributed by atoms with E-state index in [4.69, 9.17) is 16.3 Å². The van der Waals surface area contributed by atoms with E-state index >= 15 is 0 Å². The Bertz CT molecular complexity index is 952. The first-order valence-electron chi connectivity index (χ1n) is 11.4. The van der Waals surface area contributed by atoms with Gasteiger partial charge in [0.25, 0.3) is 0 Å². The molecule has 9 heteroatoms. The number of benzene rings is 1. The van der Waals surface area contributed by atoms with Crippen LogP contribution < -0.4 is 0 Å². The van der Waals surface area contributed by atoms with Crippen molar-refractivity contribution >= 4 is 35.2 Å². The molecule has 172 valence electrons. The van der Waals surface area contributed by atoms with Gasteiger partial charge in [0.2, 0.25) is 5.91 Å². The van der Waals surface area contributed by atoms with E-state index in [0.717, 1.165) is 29.4 Å². The molecular formula is C23H29ClN4O3S. The fourth-order valence-electron chi connectivity index (χ4n) is 4.54. The second kappa shape index (κ2) is 10.7. The van der Waals surface area contributed by atoms with Crippen molar-refractivity contribution in [3.05, 3.63) is 29.3 Å². The molecule has 1 aliphatic carbocycles. The lowest BCUT2D eigenvalue weighted by Crippen LogP contribution is -2.41. The number of aromatic nitrogens is 3. The molecule has 0 bridgehead atoms. The Kier molecular flexibility index (Phi) is 7.73. The minimum atomic E-state index is -0.147. The van der Waals surface area contributed by atoms with Crippen molar-refractivity contribution in [1.82, 2.24) is 19.7 Å². The van der Waals surface area contributed by atoms with E-state index in [-0.39, 0.29) is 17.8 Å². The van der Waals surface area contributed by atoms with Crippen molar-refractivity contribution in [3.63, 3.8) is 0 Å². The predicted octanol–water partition coefficient (Wildman–Crippen LogP) is 4.61. The number of esters is 1. The van der Waals surface area contributed by atoms with Crippen LogP contribution in [0.15, 0.2) is 29.4 Å². The van der Waals surface area contributed by atoms with Crippen molar-refractivity contribution in [2.24, 2.45) is 5.92 Å². The van der Waals surface area contributed by atoms with Gasteiger partial charge in [-0.1, -0.05) is 48.3 Å². The van der Waals surface area contributed by atoms with E-state index < -0.39 is 0 Å². The number of hydrogen-bond acceptors (Lipinski definition) is 6. The van der Waals surface area contributed by atoms with Gasteiger partial charge in [-0.25, -0.2) is 0 Å². The number of halogens is 1. The van der Waals surface area contributed by atoms with Crippen molar-refractivity contribution in [2.75, 3.05) is 25.4 Å². The van der Waals surface area contributed by atoms with E-state index in [9.17, 15) is 9.59 Å². The average molecular weight is 477 g/mol. The average Bonchev–Trinajstić information content (AvgIpc) is 3.48. The number of amides is 1. The van der Waals surface area contributed by atoms with Crippen LogP contribution in [0.4, 0.5) is 0 Å². The third-order valence-electron chi connectivity index (χ3n) is 6.26. The minimum Gasteiger partial charge on any atom is -0.466 e. The Hall–Kier alpha value is -2.06. The Morgan fingerprint density at radius 3 is 2.53 bits per heavy atom. The molecule has 0 unspecified atom stereocenters. The van der Waals surface area contributed by atoms with E-state index in [2.05, 4.69) is 14.8 Å². The van der Waals surface area contributed by atoms with Crippen LogP contribution in [0.25, 0.3) is 11.4 Å². The molecule has 1 aromatic carbocycles. The summed E-state index contributed by atoms with van der Waals surface area (Å²) in [6.07, 6.45) is 5.84. The molecule has 1 aliphatic heterocycles. The summed E-state index contributed by atoms with van der Waals surface area (Å²) in [6.45, 7) is 3.38. The van der Waals surface area contributed by atoms with Gasteiger partial charge in [0.05, 0.1) is 23.3 Å². The van der Waals surface area contributed by atoms with Crippen LogP contribution in [0, 0.1) is 5.92 Å². The molecule has 2 aliphatic rings. The molecule has 32 heavy (non-hydrogen) atoms. The number of carbonyl (C=O) groups excluding carboxylic acids is 2. The van der Waals surface area contributed by atoms with Gasteiger partial charge in [-0.15, -0.1) is 10.2 Å². The third-order valence-corrected chi connectivity index (χ3v) is 7.52. The highest BCUT2D eigenvalue weighted by Gasteiger charge is 2.29. The monoisotopic (exact) mass is 476 g/mol. The van der Waals surface area contributed by atoms with Gasteiger partial charge in [0.1, 0.15) is 0 Å². The van der Waals surface area contributed by atoms with Crippen LogP contribution >= 0.6 is 23.4 Å². The van der Waals surface area contributed by atoms with Gasteiger partial charge < -0.3 is 9.64 Å².